The summed E-state index contributed by atoms with van der Waals surface area (Å²) in [7, 11) is 1.80. The summed E-state index contributed by atoms with van der Waals surface area (Å²) in [4.78, 5) is 21.5. The molecule has 0 unspecified atom stereocenters. The van der Waals surface area contributed by atoms with E-state index in [9.17, 15) is 4.79 Å². The van der Waals surface area contributed by atoms with Crippen LogP contribution in [0.3, 0.4) is 0 Å². The lowest BCUT2D eigenvalue weighted by atomic mass is 9.98. The van der Waals surface area contributed by atoms with Crippen molar-refractivity contribution in [2.24, 2.45) is 7.05 Å². The lowest BCUT2D eigenvalue weighted by molar-refractivity contribution is 0.102. The molecule has 0 aliphatic carbocycles. The van der Waals surface area contributed by atoms with Gasteiger partial charge in [-0.3, -0.25) is 15.1 Å². The Morgan fingerprint density at radius 3 is 2.59 bits per heavy atom. The molecule has 7 nitrogen and oxygen atoms in total. The first-order chi connectivity index (χ1) is 13.6. The highest BCUT2D eigenvalue weighted by molar-refractivity contribution is 6.03. The highest BCUT2D eigenvalue weighted by atomic mass is 35.5. The van der Waals surface area contributed by atoms with E-state index in [4.69, 9.17) is 0 Å². The van der Waals surface area contributed by atoms with Crippen LogP contribution >= 0.6 is 12.4 Å². The minimum Gasteiger partial charge on any atom is -0.317 e. The zero-order valence-corrected chi connectivity index (χ0v) is 17.4. The van der Waals surface area contributed by atoms with Crippen molar-refractivity contribution in [2.75, 3.05) is 18.4 Å². The molecule has 0 spiro atoms. The highest BCUT2D eigenvalue weighted by Gasteiger charge is 2.21. The number of benzene rings is 1. The van der Waals surface area contributed by atoms with Crippen LogP contribution in [0.4, 0.5) is 5.95 Å². The van der Waals surface area contributed by atoms with Gasteiger partial charge in [-0.2, -0.15) is 10.1 Å². The van der Waals surface area contributed by atoms with Gasteiger partial charge in [0.1, 0.15) is 0 Å². The second-order valence-electron chi connectivity index (χ2n) is 7.22. The Hall–Kier alpha value is -2.77. The molecule has 0 saturated carbocycles. The van der Waals surface area contributed by atoms with Crippen LogP contribution in [0.1, 0.15) is 40.5 Å². The number of amides is 1. The largest absolute Gasteiger partial charge is 0.317 e. The molecule has 0 bridgehead atoms. The van der Waals surface area contributed by atoms with Gasteiger partial charge >= 0.3 is 0 Å². The van der Waals surface area contributed by atoms with Gasteiger partial charge in [0.25, 0.3) is 5.91 Å². The summed E-state index contributed by atoms with van der Waals surface area (Å²) in [6.07, 6.45) is 5.36. The van der Waals surface area contributed by atoms with Gasteiger partial charge in [-0.1, -0.05) is 29.8 Å². The van der Waals surface area contributed by atoms with Crippen LogP contribution in [0.15, 0.2) is 42.7 Å². The van der Waals surface area contributed by atoms with Crippen LogP contribution in [-0.2, 0) is 7.05 Å². The van der Waals surface area contributed by atoms with E-state index < -0.39 is 0 Å². The Morgan fingerprint density at radius 2 is 1.86 bits per heavy atom. The molecule has 2 aromatic heterocycles. The third-order valence-corrected chi connectivity index (χ3v) is 5.09. The number of anilines is 1. The molecule has 2 N–H and O–H groups in total. The van der Waals surface area contributed by atoms with Crippen molar-refractivity contribution in [3.63, 3.8) is 0 Å². The molecule has 1 aromatic carbocycles. The van der Waals surface area contributed by atoms with E-state index in [1.165, 1.54) is 5.56 Å². The minimum atomic E-state index is -0.242. The fourth-order valence-corrected chi connectivity index (χ4v) is 3.41. The molecule has 29 heavy (non-hydrogen) atoms. The van der Waals surface area contributed by atoms with Gasteiger partial charge in [-0.15, -0.1) is 12.4 Å². The molecule has 152 valence electrons. The molecule has 1 saturated heterocycles. The number of rotatable bonds is 4. The zero-order valence-electron chi connectivity index (χ0n) is 16.6. The van der Waals surface area contributed by atoms with Gasteiger partial charge < -0.3 is 5.32 Å². The quantitative estimate of drug-likeness (QED) is 0.686. The first kappa shape index (κ1) is 21.0. The molecular formula is C21H25ClN6O. The summed E-state index contributed by atoms with van der Waals surface area (Å²) >= 11 is 0. The monoisotopic (exact) mass is 412 g/mol. The number of aryl methyl sites for hydroxylation is 2. The van der Waals surface area contributed by atoms with Crippen LogP contribution in [0, 0.1) is 6.92 Å². The van der Waals surface area contributed by atoms with Crippen molar-refractivity contribution in [3.8, 4) is 11.1 Å². The van der Waals surface area contributed by atoms with Gasteiger partial charge in [0.15, 0.2) is 5.82 Å². The summed E-state index contributed by atoms with van der Waals surface area (Å²) in [5.74, 6) is 1.35. The highest BCUT2D eigenvalue weighted by Crippen LogP contribution is 2.24. The number of nitrogens with one attached hydrogen (secondary N) is 2. The van der Waals surface area contributed by atoms with E-state index in [2.05, 4.69) is 25.7 Å². The van der Waals surface area contributed by atoms with Crippen molar-refractivity contribution in [1.29, 1.82) is 0 Å². The SMILES string of the molecule is Cc1ccc(-c2cncc(C(=O)Nc3nc(C4CCNCC4)nn3C)c2)cc1.Cl. The first-order valence-electron chi connectivity index (χ1n) is 9.55. The summed E-state index contributed by atoms with van der Waals surface area (Å²) in [5, 5.41) is 10.7. The standard InChI is InChI=1S/C21H24N6O.ClH/c1-14-3-5-15(6-4-14)17-11-18(13-23-12-17)20(28)25-21-24-19(26-27(21)2)16-7-9-22-10-8-16;/h3-6,11-13,16,22H,7-10H2,1-2H3,(H,24,25,26,28);1H. The Labute approximate surface area is 176 Å². The molecule has 1 amide bonds. The Kier molecular flexibility index (Phi) is 6.61. The molecular weight excluding hydrogens is 388 g/mol. The van der Waals surface area contributed by atoms with E-state index in [-0.39, 0.29) is 18.3 Å². The number of aromatic nitrogens is 4. The van der Waals surface area contributed by atoms with Gasteiger partial charge in [-0.05, 0) is 44.5 Å². The van der Waals surface area contributed by atoms with Crippen LogP contribution in [0.5, 0.6) is 0 Å². The van der Waals surface area contributed by atoms with E-state index in [1.807, 2.05) is 37.3 Å². The predicted molar refractivity (Wildman–Crippen MR) is 115 cm³/mol. The molecule has 3 heterocycles. The fourth-order valence-electron chi connectivity index (χ4n) is 3.41. The molecule has 1 fully saturated rings. The molecule has 4 rings (SSSR count). The fraction of sp³-hybridized carbons (Fsp3) is 0.333. The number of nitrogens with zero attached hydrogens (tertiary/aromatic N) is 4. The molecule has 8 heteroatoms. The van der Waals surface area contributed by atoms with E-state index >= 15 is 0 Å². The number of carbonyl (C=O) groups is 1. The Morgan fingerprint density at radius 1 is 1.14 bits per heavy atom. The smallest absolute Gasteiger partial charge is 0.259 e. The number of hydrogen-bond donors (Lipinski definition) is 2. The molecule has 0 atom stereocenters. The van der Waals surface area contributed by atoms with Gasteiger partial charge in [0, 0.05) is 30.9 Å². The lowest BCUT2D eigenvalue weighted by Gasteiger charge is -2.19. The topological polar surface area (TPSA) is 84.7 Å². The van der Waals surface area contributed by atoms with Crippen molar-refractivity contribution in [2.45, 2.75) is 25.7 Å². The average Bonchev–Trinajstić information content (AvgIpc) is 3.09. The zero-order chi connectivity index (χ0) is 19.5. The van der Waals surface area contributed by atoms with E-state index in [1.54, 1.807) is 24.1 Å². The van der Waals surface area contributed by atoms with Gasteiger partial charge in [-0.25, -0.2) is 4.68 Å². The summed E-state index contributed by atoms with van der Waals surface area (Å²) in [5.41, 5.74) is 3.61. The van der Waals surface area contributed by atoms with E-state index in [0.29, 0.717) is 17.4 Å². The van der Waals surface area contributed by atoms with Gasteiger partial charge in [0.05, 0.1) is 5.56 Å². The van der Waals surface area contributed by atoms with Crippen LogP contribution in [-0.4, -0.2) is 38.7 Å². The third-order valence-electron chi connectivity index (χ3n) is 5.09. The molecule has 3 aromatic rings. The molecule has 1 aliphatic rings. The predicted octanol–water partition coefficient (Wildman–Crippen LogP) is 3.33. The number of hydrogen-bond acceptors (Lipinski definition) is 5. The number of carbonyl (C=O) groups excluding carboxylic acids is 1. The second-order valence-corrected chi connectivity index (χ2v) is 7.22. The molecule has 0 radical (unpaired) electrons. The number of pyridine rings is 1. The van der Waals surface area contributed by atoms with Crippen molar-refractivity contribution in [1.82, 2.24) is 25.1 Å². The third kappa shape index (κ3) is 4.81. The number of halogens is 1. The Balaban J connectivity index is 0.00000240. The average molecular weight is 413 g/mol. The number of piperidine rings is 1. The Bertz CT molecular complexity index is 979. The summed E-state index contributed by atoms with van der Waals surface area (Å²) in [6, 6.07) is 10.00. The maximum atomic E-state index is 12.7. The van der Waals surface area contributed by atoms with Gasteiger partial charge in [0.2, 0.25) is 5.95 Å². The van der Waals surface area contributed by atoms with Crippen molar-refractivity contribution >= 4 is 24.3 Å². The van der Waals surface area contributed by atoms with Crippen LogP contribution in [0.2, 0.25) is 0 Å². The molecule has 1 aliphatic heterocycles. The maximum Gasteiger partial charge on any atom is 0.259 e. The summed E-state index contributed by atoms with van der Waals surface area (Å²) < 4.78 is 1.63. The van der Waals surface area contributed by atoms with Crippen LogP contribution in [0.25, 0.3) is 11.1 Å². The normalized spacial score (nSPS) is 14.3. The first-order valence-corrected chi connectivity index (χ1v) is 9.55. The second kappa shape index (κ2) is 9.15. The van der Waals surface area contributed by atoms with Crippen molar-refractivity contribution in [3.05, 3.63) is 59.7 Å². The minimum absolute atomic E-state index is 0. The lowest BCUT2D eigenvalue weighted by Crippen LogP contribution is -2.27. The summed E-state index contributed by atoms with van der Waals surface area (Å²) in [6.45, 7) is 4.00. The maximum absolute atomic E-state index is 12.7. The van der Waals surface area contributed by atoms with Crippen LogP contribution < -0.4 is 10.6 Å². The van der Waals surface area contributed by atoms with E-state index in [0.717, 1.165) is 42.9 Å². The van der Waals surface area contributed by atoms with Crippen molar-refractivity contribution < 1.29 is 4.79 Å².